The molecule has 2 N–H and O–H groups in total. The van der Waals surface area contributed by atoms with Crippen molar-refractivity contribution >= 4 is 45.4 Å². The van der Waals surface area contributed by atoms with Gasteiger partial charge in [0, 0.05) is 21.2 Å². The van der Waals surface area contributed by atoms with Crippen molar-refractivity contribution in [2.75, 3.05) is 10.6 Å². The van der Waals surface area contributed by atoms with Crippen LogP contribution in [0.3, 0.4) is 0 Å². The van der Waals surface area contributed by atoms with E-state index in [9.17, 15) is 9.59 Å². The van der Waals surface area contributed by atoms with Gasteiger partial charge in [-0.05, 0) is 74.1 Å². The number of aryl methyl sites for hydroxylation is 1. The summed E-state index contributed by atoms with van der Waals surface area (Å²) < 4.78 is 0. The first-order chi connectivity index (χ1) is 14.4. The van der Waals surface area contributed by atoms with E-state index < -0.39 is 0 Å². The number of hydrogen-bond acceptors (Lipinski definition) is 3. The SMILES string of the molecule is Cc1cccc(C(=O)Nc2sc3c(c2C(=O)Nc2ccc(Cl)cc2)CC[C@H](C)C3)c1. The van der Waals surface area contributed by atoms with Crippen molar-refractivity contribution in [2.45, 2.75) is 33.1 Å². The summed E-state index contributed by atoms with van der Waals surface area (Å²) in [7, 11) is 0. The van der Waals surface area contributed by atoms with Crippen molar-refractivity contribution in [1.29, 1.82) is 0 Å². The molecule has 0 radical (unpaired) electrons. The Morgan fingerprint density at radius 1 is 1.07 bits per heavy atom. The van der Waals surface area contributed by atoms with Crippen molar-refractivity contribution < 1.29 is 9.59 Å². The molecule has 0 bridgehead atoms. The number of rotatable bonds is 4. The predicted molar refractivity (Wildman–Crippen MR) is 124 cm³/mol. The average Bonchev–Trinajstić information content (AvgIpc) is 3.06. The van der Waals surface area contributed by atoms with E-state index in [1.807, 2.05) is 25.1 Å². The highest BCUT2D eigenvalue weighted by Crippen LogP contribution is 2.40. The van der Waals surface area contributed by atoms with Gasteiger partial charge in [-0.25, -0.2) is 0 Å². The Bertz CT molecular complexity index is 1100. The van der Waals surface area contributed by atoms with E-state index in [-0.39, 0.29) is 11.8 Å². The third-order valence-corrected chi connectivity index (χ3v) is 6.77. The van der Waals surface area contributed by atoms with Crippen LogP contribution in [0, 0.1) is 12.8 Å². The zero-order chi connectivity index (χ0) is 21.3. The minimum Gasteiger partial charge on any atom is -0.322 e. The number of fused-ring (bicyclic) bond motifs is 1. The molecule has 0 aliphatic heterocycles. The third kappa shape index (κ3) is 4.42. The van der Waals surface area contributed by atoms with E-state index in [4.69, 9.17) is 11.6 Å². The molecule has 0 saturated heterocycles. The fraction of sp³-hybridized carbons (Fsp3) is 0.250. The van der Waals surface area contributed by atoms with Gasteiger partial charge >= 0.3 is 0 Å². The molecular formula is C24H23ClN2O2S. The number of hydrogen-bond donors (Lipinski definition) is 2. The van der Waals surface area contributed by atoms with Crippen LogP contribution in [0.15, 0.2) is 48.5 Å². The number of carbonyl (C=O) groups excluding carboxylic acids is 2. The van der Waals surface area contributed by atoms with Gasteiger partial charge in [0.15, 0.2) is 0 Å². The fourth-order valence-electron chi connectivity index (χ4n) is 3.77. The quantitative estimate of drug-likeness (QED) is 0.499. The van der Waals surface area contributed by atoms with Gasteiger partial charge < -0.3 is 10.6 Å². The molecule has 1 aromatic heterocycles. The van der Waals surface area contributed by atoms with Crippen LogP contribution in [0.1, 0.15) is 50.1 Å². The molecule has 3 aromatic rings. The van der Waals surface area contributed by atoms with E-state index in [2.05, 4.69) is 17.6 Å². The Labute approximate surface area is 185 Å². The Morgan fingerprint density at radius 3 is 2.57 bits per heavy atom. The number of benzene rings is 2. The molecule has 4 nitrogen and oxygen atoms in total. The lowest BCUT2D eigenvalue weighted by atomic mass is 9.88. The summed E-state index contributed by atoms with van der Waals surface area (Å²) in [5.74, 6) is 0.165. The summed E-state index contributed by atoms with van der Waals surface area (Å²) in [4.78, 5) is 27.3. The lowest BCUT2D eigenvalue weighted by Crippen LogP contribution is -2.19. The van der Waals surface area contributed by atoms with Gasteiger partial charge in [-0.15, -0.1) is 11.3 Å². The number of anilines is 2. The standard InChI is InChI=1S/C24H23ClN2O2S/c1-14-4-3-5-16(12-14)22(28)27-24-21(19-11-6-15(2)13-20(19)30-24)23(29)26-18-9-7-17(25)8-10-18/h3-5,7-10,12,15H,6,11,13H2,1-2H3,(H,26,29)(H,27,28)/t15-/m0/s1. The maximum Gasteiger partial charge on any atom is 0.258 e. The third-order valence-electron chi connectivity index (χ3n) is 5.35. The highest BCUT2D eigenvalue weighted by molar-refractivity contribution is 7.17. The smallest absolute Gasteiger partial charge is 0.258 e. The van der Waals surface area contributed by atoms with Gasteiger partial charge in [0.25, 0.3) is 11.8 Å². The van der Waals surface area contributed by atoms with Gasteiger partial charge in [0.05, 0.1) is 5.56 Å². The van der Waals surface area contributed by atoms with Crippen molar-refractivity contribution in [1.82, 2.24) is 0 Å². The van der Waals surface area contributed by atoms with Gasteiger partial charge in [-0.3, -0.25) is 9.59 Å². The molecule has 1 aliphatic carbocycles. The van der Waals surface area contributed by atoms with E-state index in [0.29, 0.717) is 32.8 Å². The average molecular weight is 439 g/mol. The summed E-state index contributed by atoms with van der Waals surface area (Å²) in [6.45, 7) is 4.17. The minimum atomic E-state index is -0.205. The molecule has 0 unspecified atom stereocenters. The zero-order valence-electron chi connectivity index (χ0n) is 16.9. The summed E-state index contributed by atoms with van der Waals surface area (Å²) >= 11 is 7.47. The van der Waals surface area contributed by atoms with Crippen molar-refractivity contribution in [3.63, 3.8) is 0 Å². The Kier molecular flexibility index (Phi) is 5.93. The molecule has 1 aliphatic rings. The normalized spacial score (nSPS) is 15.4. The second-order valence-corrected chi connectivity index (χ2v) is 9.38. The lowest BCUT2D eigenvalue weighted by Gasteiger charge is -2.18. The van der Waals surface area contributed by atoms with Crippen LogP contribution in [0.25, 0.3) is 0 Å². The molecule has 1 heterocycles. The van der Waals surface area contributed by atoms with Gasteiger partial charge in [0.2, 0.25) is 0 Å². The first kappa shape index (κ1) is 20.6. The molecular weight excluding hydrogens is 416 g/mol. The Balaban J connectivity index is 1.66. The van der Waals surface area contributed by atoms with Gasteiger partial charge in [-0.1, -0.05) is 36.2 Å². The highest BCUT2D eigenvalue weighted by Gasteiger charge is 2.28. The first-order valence-corrected chi connectivity index (χ1v) is 11.2. The maximum absolute atomic E-state index is 13.2. The monoisotopic (exact) mass is 438 g/mol. The maximum atomic E-state index is 13.2. The number of halogens is 1. The predicted octanol–water partition coefficient (Wildman–Crippen LogP) is 6.34. The molecule has 154 valence electrons. The number of thiophene rings is 1. The highest BCUT2D eigenvalue weighted by atomic mass is 35.5. The second-order valence-electron chi connectivity index (χ2n) is 7.84. The molecule has 4 rings (SSSR count). The molecule has 0 saturated carbocycles. The van der Waals surface area contributed by atoms with Crippen LogP contribution >= 0.6 is 22.9 Å². The minimum absolute atomic E-state index is 0.203. The number of amides is 2. The van der Waals surface area contributed by atoms with Gasteiger partial charge in [-0.2, -0.15) is 0 Å². The Hall–Kier alpha value is -2.63. The van der Waals surface area contributed by atoms with Crippen molar-refractivity contribution in [3.05, 3.63) is 80.7 Å². The summed E-state index contributed by atoms with van der Waals surface area (Å²) in [6.07, 6.45) is 2.81. The number of carbonyl (C=O) groups is 2. The largest absolute Gasteiger partial charge is 0.322 e. The lowest BCUT2D eigenvalue weighted by molar-refractivity contribution is 0.102. The van der Waals surface area contributed by atoms with E-state index in [1.54, 1.807) is 30.3 Å². The summed E-state index contributed by atoms with van der Waals surface area (Å²) in [5, 5.41) is 7.18. The molecule has 1 atom stereocenters. The Morgan fingerprint density at radius 2 is 1.83 bits per heavy atom. The van der Waals surface area contributed by atoms with E-state index >= 15 is 0 Å². The second kappa shape index (κ2) is 8.62. The van der Waals surface area contributed by atoms with Crippen LogP contribution in [0.4, 0.5) is 10.7 Å². The number of nitrogens with one attached hydrogen (secondary N) is 2. The zero-order valence-corrected chi connectivity index (χ0v) is 18.5. The van der Waals surface area contributed by atoms with Crippen LogP contribution in [0.5, 0.6) is 0 Å². The molecule has 0 fully saturated rings. The topological polar surface area (TPSA) is 58.2 Å². The van der Waals surface area contributed by atoms with Crippen LogP contribution in [-0.4, -0.2) is 11.8 Å². The van der Waals surface area contributed by atoms with Gasteiger partial charge in [0.1, 0.15) is 5.00 Å². The molecule has 2 amide bonds. The molecule has 6 heteroatoms. The fourth-order valence-corrected chi connectivity index (χ4v) is 5.30. The van der Waals surface area contributed by atoms with Crippen LogP contribution in [0.2, 0.25) is 5.02 Å². The first-order valence-electron chi connectivity index (χ1n) is 10.00. The van der Waals surface area contributed by atoms with Crippen molar-refractivity contribution in [2.24, 2.45) is 5.92 Å². The molecule has 30 heavy (non-hydrogen) atoms. The van der Waals surface area contributed by atoms with E-state index in [1.165, 1.54) is 16.2 Å². The molecule has 0 spiro atoms. The molecule has 2 aromatic carbocycles. The summed E-state index contributed by atoms with van der Waals surface area (Å²) in [5.41, 5.74) is 3.91. The summed E-state index contributed by atoms with van der Waals surface area (Å²) in [6, 6.07) is 14.5. The van der Waals surface area contributed by atoms with Crippen molar-refractivity contribution in [3.8, 4) is 0 Å². The van der Waals surface area contributed by atoms with Crippen LogP contribution < -0.4 is 10.6 Å². The van der Waals surface area contributed by atoms with Crippen LogP contribution in [-0.2, 0) is 12.8 Å². The van der Waals surface area contributed by atoms with E-state index in [0.717, 1.165) is 30.4 Å².